The summed E-state index contributed by atoms with van der Waals surface area (Å²) < 4.78 is 0. The largest absolute Gasteiger partial charge is 0.328 e. The van der Waals surface area contributed by atoms with E-state index in [1.54, 1.807) is 0 Å². The van der Waals surface area contributed by atoms with Gasteiger partial charge in [0.15, 0.2) is 0 Å². The second-order valence-corrected chi connectivity index (χ2v) is 5.24. The Morgan fingerprint density at radius 1 is 0.667 bits per heavy atom. The summed E-state index contributed by atoms with van der Waals surface area (Å²) in [6.07, 6.45) is 11.8. The fourth-order valence-corrected chi connectivity index (χ4v) is 2.75. The highest BCUT2D eigenvalue weighted by Gasteiger charge is 2.17. The van der Waals surface area contributed by atoms with Gasteiger partial charge in [0, 0.05) is 17.9 Å². The van der Waals surface area contributed by atoms with Gasteiger partial charge in [-0.25, -0.2) is 0 Å². The van der Waals surface area contributed by atoms with E-state index in [1.165, 1.54) is 57.8 Å². The average molecular weight is 205 g/mol. The van der Waals surface area contributed by atoms with Gasteiger partial charge in [0.1, 0.15) is 0 Å². The van der Waals surface area contributed by atoms with Crippen LogP contribution in [0.25, 0.3) is 0 Å². The molecular weight excluding hydrogens is 182 g/mol. The van der Waals surface area contributed by atoms with E-state index < -0.39 is 0 Å². The third-order valence-electron chi connectivity index (χ3n) is 3.87. The molecule has 2 N–H and O–H groups in total. The number of nitrogens with two attached hydrogens (primary N) is 1. The summed E-state index contributed by atoms with van der Waals surface area (Å²) in [5.74, 6) is 8.40. The Labute approximate surface area is 93.8 Å². The maximum absolute atomic E-state index is 5.89. The third-order valence-corrected chi connectivity index (χ3v) is 3.87. The minimum atomic E-state index is 0.456. The van der Waals surface area contributed by atoms with E-state index in [4.69, 9.17) is 5.73 Å². The Kier molecular flexibility index (Phi) is 4.09. The zero-order chi connectivity index (χ0) is 10.5. The van der Waals surface area contributed by atoms with E-state index >= 15 is 0 Å². The van der Waals surface area contributed by atoms with Crippen LogP contribution in [0.4, 0.5) is 0 Å². The van der Waals surface area contributed by atoms with Crippen LogP contribution >= 0.6 is 0 Å². The van der Waals surface area contributed by atoms with Crippen molar-refractivity contribution >= 4 is 0 Å². The zero-order valence-electron chi connectivity index (χ0n) is 9.67. The molecule has 2 rings (SSSR count). The molecule has 0 spiro atoms. The summed E-state index contributed by atoms with van der Waals surface area (Å²) in [4.78, 5) is 0. The topological polar surface area (TPSA) is 26.0 Å². The van der Waals surface area contributed by atoms with Crippen LogP contribution in [0.3, 0.4) is 0 Å². The molecule has 2 fully saturated rings. The van der Waals surface area contributed by atoms with Gasteiger partial charge in [-0.2, -0.15) is 0 Å². The third kappa shape index (κ3) is 3.54. The van der Waals surface area contributed by atoms with E-state index in [0.717, 1.165) is 0 Å². The lowest BCUT2D eigenvalue weighted by atomic mass is 9.85. The molecule has 1 nitrogen and oxygen atoms in total. The van der Waals surface area contributed by atoms with Crippen molar-refractivity contribution in [3.8, 4) is 11.8 Å². The molecule has 0 radical (unpaired) electrons. The van der Waals surface area contributed by atoms with Gasteiger partial charge in [-0.1, -0.05) is 31.1 Å². The van der Waals surface area contributed by atoms with Gasteiger partial charge < -0.3 is 5.73 Å². The summed E-state index contributed by atoms with van der Waals surface area (Å²) in [7, 11) is 0. The molecule has 0 amide bonds. The van der Waals surface area contributed by atoms with Crippen molar-refractivity contribution in [2.75, 3.05) is 0 Å². The van der Waals surface area contributed by atoms with Crippen LogP contribution in [0, 0.1) is 23.7 Å². The van der Waals surface area contributed by atoms with Crippen LogP contribution in [0.2, 0.25) is 0 Å². The quantitative estimate of drug-likeness (QED) is 0.604. The molecule has 0 aromatic carbocycles. The van der Waals surface area contributed by atoms with E-state index in [2.05, 4.69) is 11.8 Å². The predicted molar refractivity (Wildman–Crippen MR) is 64.3 cm³/mol. The van der Waals surface area contributed by atoms with Crippen molar-refractivity contribution in [3.63, 3.8) is 0 Å². The molecule has 0 aliphatic heterocycles. The molecule has 0 heterocycles. The summed E-state index contributed by atoms with van der Waals surface area (Å²) >= 11 is 0. The molecule has 84 valence electrons. The van der Waals surface area contributed by atoms with Gasteiger partial charge in [-0.3, -0.25) is 0 Å². The summed E-state index contributed by atoms with van der Waals surface area (Å²) in [5, 5.41) is 0. The Morgan fingerprint density at radius 3 is 1.80 bits per heavy atom. The first-order valence-electron chi connectivity index (χ1n) is 6.61. The molecule has 1 heteroatoms. The highest BCUT2D eigenvalue weighted by atomic mass is 14.6. The molecule has 2 saturated carbocycles. The van der Waals surface area contributed by atoms with Gasteiger partial charge in [0.2, 0.25) is 0 Å². The van der Waals surface area contributed by atoms with Crippen molar-refractivity contribution in [1.82, 2.24) is 0 Å². The van der Waals surface area contributed by atoms with Crippen molar-refractivity contribution in [2.24, 2.45) is 17.6 Å². The van der Waals surface area contributed by atoms with Gasteiger partial charge in [-0.15, -0.1) is 0 Å². The Balaban J connectivity index is 1.77. The smallest absolute Gasteiger partial charge is 0.0204 e. The minimum absolute atomic E-state index is 0.456. The number of rotatable bonds is 0. The number of hydrogen-bond donors (Lipinski definition) is 1. The first kappa shape index (κ1) is 11.0. The van der Waals surface area contributed by atoms with Crippen molar-refractivity contribution in [3.05, 3.63) is 0 Å². The van der Waals surface area contributed by atoms with Crippen LogP contribution in [-0.2, 0) is 0 Å². The lowest BCUT2D eigenvalue weighted by Crippen LogP contribution is -2.26. The molecule has 0 bridgehead atoms. The van der Waals surface area contributed by atoms with Crippen LogP contribution < -0.4 is 5.73 Å². The monoisotopic (exact) mass is 205 g/mol. The van der Waals surface area contributed by atoms with Crippen molar-refractivity contribution in [1.29, 1.82) is 0 Å². The van der Waals surface area contributed by atoms with Crippen LogP contribution in [0.5, 0.6) is 0 Å². The van der Waals surface area contributed by atoms with E-state index in [-0.39, 0.29) is 0 Å². The fourth-order valence-electron chi connectivity index (χ4n) is 2.75. The molecule has 0 saturated heterocycles. The predicted octanol–water partition coefficient (Wildman–Crippen LogP) is 3.09. The van der Waals surface area contributed by atoms with E-state index in [9.17, 15) is 0 Å². The minimum Gasteiger partial charge on any atom is -0.328 e. The second kappa shape index (κ2) is 5.56. The molecule has 2 aliphatic carbocycles. The number of hydrogen-bond acceptors (Lipinski definition) is 1. The molecule has 0 aromatic rings. The molecule has 0 atom stereocenters. The molecule has 15 heavy (non-hydrogen) atoms. The highest BCUT2D eigenvalue weighted by molar-refractivity contribution is 5.08. The lowest BCUT2D eigenvalue weighted by molar-refractivity contribution is 0.382. The zero-order valence-corrected chi connectivity index (χ0v) is 9.67. The maximum atomic E-state index is 5.89. The van der Waals surface area contributed by atoms with Gasteiger partial charge in [-0.05, 0) is 38.5 Å². The lowest BCUT2D eigenvalue weighted by Gasteiger charge is -2.22. The first-order valence-corrected chi connectivity index (χ1v) is 6.61. The second-order valence-electron chi connectivity index (χ2n) is 5.24. The van der Waals surface area contributed by atoms with Gasteiger partial charge >= 0.3 is 0 Å². The first-order chi connectivity index (χ1) is 7.34. The Hall–Kier alpha value is -0.480. The van der Waals surface area contributed by atoms with Crippen LogP contribution in [-0.4, -0.2) is 6.04 Å². The van der Waals surface area contributed by atoms with E-state index in [1.807, 2.05) is 0 Å². The van der Waals surface area contributed by atoms with Crippen molar-refractivity contribution in [2.45, 2.75) is 63.8 Å². The summed E-state index contributed by atoms with van der Waals surface area (Å²) in [6, 6.07) is 0.456. The van der Waals surface area contributed by atoms with Crippen LogP contribution in [0.1, 0.15) is 57.8 Å². The summed E-state index contributed by atoms with van der Waals surface area (Å²) in [6.45, 7) is 0. The van der Waals surface area contributed by atoms with Crippen LogP contribution in [0.15, 0.2) is 0 Å². The Bertz CT molecular complexity index is 234. The fraction of sp³-hybridized carbons (Fsp3) is 0.857. The molecule has 2 aliphatic rings. The molecule has 0 aromatic heterocycles. The van der Waals surface area contributed by atoms with Crippen molar-refractivity contribution < 1.29 is 0 Å². The standard InChI is InChI=1S/C14H23N/c15-14-10-8-13(9-11-14)7-6-12-4-2-1-3-5-12/h12-14H,1-5,8-11,15H2. The van der Waals surface area contributed by atoms with Gasteiger partial charge in [0.05, 0.1) is 0 Å². The van der Waals surface area contributed by atoms with Gasteiger partial charge in [0.25, 0.3) is 0 Å². The molecule has 0 unspecified atom stereocenters. The summed E-state index contributed by atoms with van der Waals surface area (Å²) in [5.41, 5.74) is 5.89. The van der Waals surface area contributed by atoms with E-state index in [0.29, 0.717) is 17.9 Å². The maximum Gasteiger partial charge on any atom is 0.0204 e. The molecular formula is C14H23N. The average Bonchev–Trinajstić information content (AvgIpc) is 2.30. The Morgan fingerprint density at radius 2 is 1.20 bits per heavy atom. The SMILES string of the molecule is NC1CCC(C#CC2CCCCC2)CC1. The highest BCUT2D eigenvalue weighted by Crippen LogP contribution is 2.25. The normalized spacial score (nSPS) is 33.1.